The topological polar surface area (TPSA) is 92.6 Å². The smallest absolute Gasteiger partial charge is 0.282 e. The number of nitrogens with one attached hydrogen (secondary N) is 1. The molecular weight excluding hydrogens is 346 g/mol. The number of rotatable bonds is 4. The number of carbonyl (C=O) groups is 2. The Labute approximate surface area is 157 Å². The van der Waals surface area contributed by atoms with Gasteiger partial charge >= 0.3 is 0 Å². The van der Waals surface area contributed by atoms with E-state index in [1.165, 1.54) is 18.2 Å². The molecule has 7 heteroatoms. The minimum atomic E-state index is -0.579. The molecule has 0 atom stereocenters. The highest BCUT2D eigenvalue weighted by Crippen LogP contribution is 2.31. The van der Waals surface area contributed by atoms with E-state index in [0.29, 0.717) is 12.2 Å². The Kier molecular flexibility index (Phi) is 5.21. The van der Waals surface area contributed by atoms with Gasteiger partial charge in [0, 0.05) is 29.9 Å². The first-order valence-corrected chi connectivity index (χ1v) is 8.87. The molecule has 0 unspecified atom stereocenters. The third-order valence-electron chi connectivity index (χ3n) is 4.57. The van der Waals surface area contributed by atoms with Crippen LogP contribution in [0.2, 0.25) is 0 Å². The summed E-state index contributed by atoms with van der Waals surface area (Å²) in [5, 5.41) is 13.8. The first-order valence-electron chi connectivity index (χ1n) is 8.87. The number of hydrogen-bond acceptors (Lipinski definition) is 4. The third-order valence-corrected chi connectivity index (χ3v) is 4.57. The number of fused-ring (bicyclic) bond motifs is 1. The number of nitro groups is 1. The summed E-state index contributed by atoms with van der Waals surface area (Å²) in [6.07, 6.45) is 1.77. The van der Waals surface area contributed by atoms with Crippen LogP contribution in [0, 0.1) is 16.0 Å². The average Bonchev–Trinajstić information content (AvgIpc) is 2.66. The van der Waals surface area contributed by atoms with Crippen LogP contribution in [-0.2, 0) is 11.2 Å². The highest BCUT2D eigenvalue weighted by atomic mass is 16.6. The summed E-state index contributed by atoms with van der Waals surface area (Å²) in [5.74, 6) is -0.640. The summed E-state index contributed by atoms with van der Waals surface area (Å²) >= 11 is 0. The molecular formula is C20H21N3O4. The highest BCUT2D eigenvalue weighted by molar-refractivity contribution is 6.07. The van der Waals surface area contributed by atoms with Crippen LogP contribution < -0.4 is 10.2 Å². The molecule has 7 nitrogen and oxygen atoms in total. The summed E-state index contributed by atoms with van der Waals surface area (Å²) in [7, 11) is 0. The van der Waals surface area contributed by atoms with Crippen molar-refractivity contribution in [3.8, 4) is 0 Å². The second-order valence-corrected chi connectivity index (χ2v) is 6.82. The van der Waals surface area contributed by atoms with E-state index in [0.717, 1.165) is 24.1 Å². The SMILES string of the molecule is CC(C)C(=O)N1CCCc2ccc(NC(=O)c3ccccc3[N+](=O)[O-])cc21. The monoisotopic (exact) mass is 367 g/mol. The van der Waals surface area contributed by atoms with Gasteiger partial charge in [0.15, 0.2) is 0 Å². The molecule has 140 valence electrons. The molecule has 0 bridgehead atoms. The van der Waals surface area contributed by atoms with Crippen LogP contribution in [0.1, 0.15) is 36.2 Å². The lowest BCUT2D eigenvalue weighted by molar-refractivity contribution is -0.385. The van der Waals surface area contributed by atoms with Gasteiger partial charge in [-0.15, -0.1) is 0 Å². The van der Waals surface area contributed by atoms with Crippen molar-refractivity contribution in [2.75, 3.05) is 16.8 Å². The number of nitro benzene ring substituents is 1. The zero-order valence-corrected chi connectivity index (χ0v) is 15.3. The summed E-state index contributed by atoms with van der Waals surface area (Å²) in [6, 6.07) is 11.2. The molecule has 3 rings (SSSR count). The highest BCUT2D eigenvalue weighted by Gasteiger charge is 2.25. The maximum absolute atomic E-state index is 12.5. The lowest BCUT2D eigenvalue weighted by Crippen LogP contribution is -2.38. The van der Waals surface area contributed by atoms with Crippen molar-refractivity contribution in [1.29, 1.82) is 0 Å². The molecule has 0 aliphatic carbocycles. The van der Waals surface area contributed by atoms with E-state index in [4.69, 9.17) is 0 Å². The van der Waals surface area contributed by atoms with E-state index in [9.17, 15) is 19.7 Å². The van der Waals surface area contributed by atoms with E-state index in [2.05, 4.69) is 5.32 Å². The Morgan fingerprint density at radius 1 is 1.19 bits per heavy atom. The first-order chi connectivity index (χ1) is 12.9. The number of carbonyl (C=O) groups excluding carboxylic acids is 2. The largest absolute Gasteiger partial charge is 0.322 e. The fraction of sp³-hybridized carbons (Fsp3) is 0.300. The van der Waals surface area contributed by atoms with E-state index in [1.54, 1.807) is 23.1 Å². The van der Waals surface area contributed by atoms with Crippen molar-refractivity contribution >= 4 is 28.9 Å². The van der Waals surface area contributed by atoms with Crippen LogP contribution in [0.4, 0.5) is 17.1 Å². The van der Waals surface area contributed by atoms with Gasteiger partial charge in [-0.05, 0) is 36.6 Å². The standard InChI is InChI=1S/C20H21N3O4/c1-13(2)20(25)22-11-5-6-14-9-10-15(12-18(14)22)21-19(24)16-7-3-4-8-17(16)23(26)27/h3-4,7-10,12-13H,5-6,11H2,1-2H3,(H,21,24). The molecule has 2 amide bonds. The number of benzene rings is 2. The van der Waals surface area contributed by atoms with Crippen LogP contribution in [0.5, 0.6) is 0 Å². The van der Waals surface area contributed by atoms with Crippen molar-refractivity contribution in [3.63, 3.8) is 0 Å². The molecule has 27 heavy (non-hydrogen) atoms. The molecule has 1 N–H and O–H groups in total. The lowest BCUT2D eigenvalue weighted by atomic mass is 9.99. The minimum Gasteiger partial charge on any atom is -0.322 e. The van der Waals surface area contributed by atoms with Crippen molar-refractivity contribution in [1.82, 2.24) is 0 Å². The quantitative estimate of drug-likeness (QED) is 0.657. The summed E-state index contributed by atoms with van der Waals surface area (Å²) in [6.45, 7) is 4.36. The molecule has 2 aromatic carbocycles. The van der Waals surface area contributed by atoms with Crippen molar-refractivity contribution in [2.45, 2.75) is 26.7 Å². The molecule has 0 spiro atoms. The average molecular weight is 367 g/mol. The predicted molar refractivity (Wildman–Crippen MR) is 103 cm³/mol. The van der Waals surface area contributed by atoms with Gasteiger partial charge in [0.05, 0.1) is 4.92 Å². The van der Waals surface area contributed by atoms with Gasteiger partial charge in [-0.3, -0.25) is 19.7 Å². The third kappa shape index (κ3) is 3.81. The Balaban J connectivity index is 1.89. The molecule has 0 saturated carbocycles. The molecule has 1 heterocycles. The second kappa shape index (κ2) is 7.57. The fourth-order valence-corrected chi connectivity index (χ4v) is 3.22. The number of hydrogen-bond donors (Lipinski definition) is 1. The van der Waals surface area contributed by atoms with Gasteiger partial charge in [-0.2, -0.15) is 0 Å². The van der Waals surface area contributed by atoms with E-state index < -0.39 is 10.8 Å². The van der Waals surface area contributed by atoms with E-state index in [-0.39, 0.29) is 23.1 Å². The molecule has 0 radical (unpaired) electrons. The van der Waals surface area contributed by atoms with Gasteiger partial charge in [0.1, 0.15) is 5.56 Å². The Hall–Kier alpha value is -3.22. The van der Waals surface area contributed by atoms with Crippen LogP contribution >= 0.6 is 0 Å². The van der Waals surface area contributed by atoms with Gasteiger partial charge in [0.2, 0.25) is 5.91 Å². The van der Waals surface area contributed by atoms with Crippen LogP contribution in [0.3, 0.4) is 0 Å². The van der Waals surface area contributed by atoms with E-state index >= 15 is 0 Å². The van der Waals surface area contributed by atoms with Gasteiger partial charge in [-0.1, -0.05) is 32.0 Å². The lowest BCUT2D eigenvalue weighted by Gasteiger charge is -2.31. The number of anilines is 2. The zero-order valence-electron chi connectivity index (χ0n) is 15.3. The van der Waals surface area contributed by atoms with Crippen molar-refractivity contribution in [2.24, 2.45) is 5.92 Å². The van der Waals surface area contributed by atoms with Crippen molar-refractivity contribution in [3.05, 3.63) is 63.7 Å². The number of aryl methyl sites for hydroxylation is 1. The Bertz CT molecular complexity index is 908. The minimum absolute atomic E-state index is 0.00432. The molecule has 1 aliphatic heterocycles. The van der Waals surface area contributed by atoms with Crippen LogP contribution in [0.15, 0.2) is 42.5 Å². The van der Waals surface area contributed by atoms with E-state index in [1.807, 2.05) is 19.9 Å². The first kappa shape index (κ1) is 18.6. The summed E-state index contributed by atoms with van der Waals surface area (Å²) in [5.41, 5.74) is 2.10. The maximum Gasteiger partial charge on any atom is 0.282 e. The Morgan fingerprint density at radius 3 is 2.63 bits per heavy atom. The fourth-order valence-electron chi connectivity index (χ4n) is 3.22. The molecule has 0 saturated heterocycles. The maximum atomic E-state index is 12.5. The summed E-state index contributed by atoms with van der Waals surface area (Å²) < 4.78 is 0. The molecule has 0 fully saturated rings. The summed E-state index contributed by atoms with van der Waals surface area (Å²) in [4.78, 5) is 37.3. The zero-order chi connectivity index (χ0) is 19.6. The number of amides is 2. The van der Waals surface area contributed by atoms with Gasteiger partial charge < -0.3 is 10.2 Å². The van der Waals surface area contributed by atoms with Crippen molar-refractivity contribution < 1.29 is 14.5 Å². The second-order valence-electron chi connectivity index (χ2n) is 6.82. The Morgan fingerprint density at radius 2 is 1.93 bits per heavy atom. The molecule has 1 aliphatic rings. The van der Waals surface area contributed by atoms with Crippen LogP contribution in [0.25, 0.3) is 0 Å². The molecule has 0 aromatic heterocycles. The normalized spacial score (nSPS) is 13.2. The molecule has 2 aromatic rings. The number of nitrogens with zero attached hydrogens (tertiary/aromatic N) is 2. The predicted octanol–water partition coefficient (Wildman–Crippen LogP) is 3.78. The van der Waals surface area contributed by atoms with Gasteiger partial charge in [0.25, 0.3) is 11.6 Å². The van der Waals surface area contributed by atoms with Crippen LogP contribution in [-0.4, -0.2) is 23.3 Å². The van der Waals surface area contributed by atoms with Gasteiger partial charge in [-0.25, -0.2) is 0 Å². The number of para-hydroxylation sites is 1.